The van der Waals surface area contributed by atoms with Crippen LogP contribution in [0.5, 0.6) is 5.75 Å². The van der Waals surface area contributed by atoms with Crippen LogP contribution in [-0.2, 0) is 4.79 Å². The second-order valence-electron chi connectivity index (χ2n) is 4.26. The summed E-state index contributed by atoms with van der Waals surface area (Å²) in [5.41, 5.74) is 1.21. The van der Waals surface area contributed by atoms with Gasteiger partial charge in [0.05, 0.1) is 13.1 Å². The average molecular weight is 250 g/mol. The summed E-state index contributed by atoms with van der Waals surface area (Å²) in [7, 11) is 1.79. The molecule has 0 aromatic heterocycles. The van der Waals surface area contributed by atoms with E-state index in [2.05, 4.69) is 5.32 Å². The molecule has 1 aromatic carbocycles. The maximum atomic E-state index is 11.6. The molecule has 0 saturated heterocycles. The molecule has 0 unspecified atom stereocenters. The quantitative estimate of drug-likeness (QED) is 0.796. The minimum atomic E-state index is 0.0874. The van der Waals surface area contributed by atoms with Gasteiger partial charge in [-0.3, -0.25) is 4.79 Å². The molecule has 0 spiro atoms. The van der Waals surface area contributed by atoms with Gasteiger partial charge in [-0.05, 0) is 25.6 Å². The first-order valence-electron chi connectivity index (χ1n) is 6.27. The van der Waals surface area contributed by atoms with Gasteiger partial charge >= 0.3 is 0 Å². The smallest absolute Gasteiger partial charge is 0.236 e. The number of carbonyl (C=O) groups excluding carboxylic acids is 1. The summed E-state index contributed by atoms with van der Waals surface area (Å²) >= 11 is 0. The van der Waals surface area contributed by atoms with E-state index in [0.717, 1.165) is 12.3 Å². The SMILES string of the molecule is CCNCC(=O)N(C)CCOc1ccc(C)cc1. The van der Waals surface area contributed by atoms with Gasteiger partial charge in [-0.1, -0.05) is 24.6 Å². The molecule has 4 heteroatoms. The normalized spacial score (nSPS) is 10.2. The van der Waals surface area contributed by atoms with E-state index in [1.165, 1.54) is 5.56 Å². The highest BCUT2D eigenvalue weighted by Crippen LogP contribution is 2.10. The number of benzene rings is 1. The number of hydrogen-bond donors (Lipinski definition) is 1. The number of hydrogen-bond acceptors (Lipinski definition) is 3. The minimum absolute atomic E-state index is 0.0874. The van der Waals surface area contributed by atoms with E-state index in [4.69, 9.17) is 4.74 Å². The standard InChI is InChI=1S/C14H22N2O2/c1-4-15-11-14(17)16(3)9-10-18-13-7-5-12(2)6-8-13/h5-8,15H,4,9-11H2,1-3H3. The topological polar surface area (TPSA) is 41.6 Å². The molecular weight excluding hydrogens is 228 g/mol. The zero-order valence-corrected chi connectivity index (χ0v) is 11.4. The minimum Gasteiger partial charge on any atom is -0.492 e. The third-order valence-electron chi connectivity index (χ3n) is 2.67. The zero-order valence-electron chi connectivity index (χ0n) is 11.4. The molecule has 18 heavy (non-hydrogen) atoms. The maximum Gasteiger partial charge on any atom is 0.236 e. The lowest BCUT2D eigenvalue weighted by Gasteiger charge is -2.17. The predicted octanol–water partition coefficient (Wildman–Crippen LogP) is 1.44. The van der Waals surface area contributed by atoms with E-state index in [9.17, 15) is 4.79 Å². The Morgan fingerprint density at radius 1 is 1.33 bits per heavy atom. The third kappa shape index (κ3) is 5.19. The summed E-state index contributed by atoms with van der Waals surface area (Å²) < 4.78 is 5.57. The molecule has 0 bridgehead atoms. The highest BCUT2D eigenvalue weighted by atomic mass is 16.5. The number of amides is 1. The Kier molecular flexibility index (Phi) is 6.22. The molecule has 1 rings (SSSR count). The summed E-state index contributed by atoms with van der Waals surface area (Å²) in [5, 5.41) is 3.01. The molecule has 1 aromatic rings. The number of likely N-dealkylation sites (N-methyl/N-ethyl adjacent to an activating group) is 2. The second-order valence-corrected chi connectivity index (χ2v) is 4.26. The molecule has 0 aliphatic carbocycles. The van der Waals surface area contributed by atoms with E-state index in [1.807, 2.05) is 38.1 Å². The lowest BCUT2D eigenvalue weighted by molar-refractivity contribution is -0.129. The molecule has 0 radical (unpaired) electrons. The van der Waals surface area contributed by atoms with E-state index < -0.39 is 0 Å². The van der Waals surface area contributed by atoms with Gasteiger partial charge in [0, 0.05) is 7.05 Å². The van der Waals surface area contributed by atoms with Gasteiger partial charge in [0.2, 0.25) is 5.91 Å². The molecule has 4 nitrogen and oxygen atoms in total. The predicted molar refractivity (Wildman–Crippen MR) is 72.9 cm³/mol. The van der Waals surface area contributed by atoms with Crippen LogP contribution in [0.25, 0.3) is 0 Å². The fraction of sp³-hybridized carbons (Fsp3) is 0.500. The van der Waals surface area contributed by atoms with Crippen molar-refractivity contribution in [3.05, 3.63) is 29.8 Å². The number of aryl methyl sites for hydroxylation is 1. The summed E-state index contributed by atoms with van der Waals surface area (Å²) in [4.78, 5) is 13.3. The summed E-state index contributed by atoms with van der Waals surface area (Å²) in [6, 6.07) is 7.90. The zero-order chi connectivity index (χ0) is 13.4. The van der Waals surface area contributed by atoms with Crippen LogP contribution in [0, 0.1) is 6.92 Å². The lowest BCUT2D eigenvalue weighted by atomic mass is 10.2. The molecule has 0 saturated carbocycles. The van der Waals surface area contributed by atoms with Crippen molar-refractivity contribution in [3.8, 4) is 5.75 Å². The Hall–Kier alpha value is -1.55. The number of nitrogens with one attached hydrogen (secondary N) is 1. The summed E-state index contributed by atoms with van der Waals surface area (Å²) in [5.74, 6) is 0.928. The van der Waals surface area contributed by atoms with Gasteiger partial charge in [0.25, 0.3) is 0 Å². The number of ether oxygens (including phenoxy) is 1. The summed E-state index contributed by atoms with van der Waals surface area (Å²) in [6.07, 6.45) is 0. The molecule has 1 N–H and O–H groups in total. The van der Waals surface area contributed by atoms with Crippen molar-refractivity contribution >= 4 is 5.91 Å². The van der Waals surface area contributed by atoms with Gasteiger partial charge in [0.15, 0.2) is 0 Å². The average Bonchev–Trinajstić information content (AvgIpc) is 2.38. The van der Waals surface area contributed by atoms with Crippen molar-refractivity contribution in [2.75, 3.05) is 33.3 Å². The Morgan fingerprint density at radius 2 is 2.00 bits per heavy atom. The van der Waals surface area contributed by atoms with Crippen molar-refractivity contribution in [2.45, 2.75) is 13.8 Å². The third-order valence-corrected chi connectivity index (χ3v) is 2.67. The van der Waals surface area contributed by atoms with Crippen LogP contribution < -0.4 is 10.1 Å². The van der Waals surface area contributed by atoms with Crippen molar-refractivity contribution in [3.63, 3.8) is 0 Å². The van der Waals surface area contributed by atoms with Crippen molar-refractivity contribution in [2.24, 2.45) is 0 Å². The number of rotatable bonds is 7. The number of carbonyl (C=O) groups is 1. The van der Waals surface area contributed by atoms with Crippen LogP contribution in [0.3, 0.4) is 0 Å². The van der Waals surface area contributed by atoms with Gasteiger partial charge < -0.3 is 15.0 Å². The first-order valence-corrected chi connectivity index (χ1v) is 6.27. The van der Waals surface area contributed by atoms with Crippen molar-refractivity contribution < 1.29 is 9.53 Å². The second kappa shape index (κ2) is 7.71. The first-order chi connectivity index (χ1) is 8.63. The molecule has 0 atom stereocenters. The largest absolute Gasteiger partial charge is 0.492 e. The van der Waals surface area contributed by atoms with Gasteiger partial charge in [-0.15, -0.1) is 0 Å². The highest BCUT2D eigenvalue weighted by Gasteiger charge is 2.07. The summed E-state index contributed by atoms with van der Waals surface area (Å²) in [6.45, 7) is 6.32. The molecule has 0 aliphatic heterocycles. The Labute approximate surface area is 109 Å². The van der Waals surface area contributed by atoms with E-state index in [0.29, 0.717) is 19.7 Å². The molecule has 0 aliphatic rings. The van der Waals surface area contributed by atoms with Gasteiger partial charge in [0.1, 0.15) is 12.4 Å². The van der Waals surface area contributed by atoms with E-state index in [1.54, 1.807) is 11.9 Å². The highest BCUT2D eigenvalue weighted by molar-refractivity contribution is 5.77. The Balaban J connectivity index is 2.24. The van der Waals surface area contributed by atoms with Crippen LogP contribution in [0.2, 0.25) is 0 Å². The van der Waals surface area contributed by atoms with Crippen LogP contribution >= 0.6 is 0 Å². The maximum absolute atomic E-state index is 11.6. The van der Waals surface area contributed by atoms with Gasteiger partial charge in [-0.25, -0.2) is 0 Å². The van der Waals surface area contributed by atoms with Crippen LogP contribution in [0.4, 0.5) is 0 Å². The van der Waals surface area contributed by atoms with Crippen molar-refractivity contribution in [1.82, 2.24) is 10.2 Å². The van der Waals surface area contributed by atoms with Crippen LogP contribution in [0.1, 0.15) is 12.5 Å². The Bertz CT molecular complexity index is 363. The van der Waals surface area contributed by atoms with Crippen LogP contribution in [0.15, 0.2) is 24.3 Å². The fourth-order valence-electron chi connectivity index (χ4n) is 1.43. The van der Waals surface area contributed by atoms with Crippen molar-refractivity contribution in [1.29, 1.82) is 0 Å². The first kappa shape index (κ1) is 14.5. The molecule has 1 amide bonds. The monoisotopic (exact) mass is 250 g/mol. The number of nitrogens with zero attached hydrogens (tertiary/aromatic N) is 1. The molecule has 0 fully saturated rings. The Morgan fingerprint density at radius 3 is 2.61 bits per heavy atom. The van der Waals surface area contributed by atoms with Crippen LogP contribution in [-0.4, -0.2) is 44.1 Å². The van der Waals surface area contributed by atoms with E-state index in [-0.39, 0.29) is 5.91 Å². The van der Waals surface area contributed by atoms with Gasteiger partial charge in [-0.2, -0.15) is 0 Å². The molecule has 0 heterocycles. The fourth-order valence-corrected chi connectivity index (χ4v) is 1.43. The van der Waals surface area contributed by atoms with E-state index >= 15 is 0 Å². The molecule has 100 valence electrons. The molecular formula is C14H22N2O2. The lowest BCUT2D eigenvalue weighted by Crippen LogP contribution is -2.37.